The van der Waals surface area contributed by atoms with Crippen molar-refractivity contribution in [3.63, 3.8) is 0 Å². The molecule has 0 bridgehead atoms. The van der Waals surface area contributed by atoms with Crippen LogP contribution in [0, 0.1) is 6.92 Å². The van der Waals surface area contributed by atoms with E-state index in [2.05, 4.69) is 15.5 Å². The Kier molecular flexibility index (Phi) is 4.89. The number of hydrogen-bond donors (Lipinski definition) is 2. The Hall–Kier alpha value is -1.69. The first-order valence-electron chi connectivity index (χ1n) is 7.20. The van der Waals surface area contributed by atoms with E-state index in [0.29, 0.717) is 13.0 Å². The molecular formula is C14H22N4O2. The largest absolute Gasteiger partial charge is 0.305 e. The smallest absolute Gasteiger partial charge is 0.246 e. The summed E-state index contributed by atoms with van der Waals surface area (Å²) in [5, 5.41) is 10.1. The highest BCUT2D eigenvalue weighted by atomic mass is 16.2. The summed E-state index contributed by atoms with van der Waals surface area (Å²) in [7, 11) is 0. The van der Waals surface area contributed by atoms with Gasteiger partial charge in [0.05, 0.1) is 18.7 Å². The van der Waals surface area contributed by atoms with Crippen molar-refractivity contribution in [2.45, 2.75) is 45.6 Å². The number of amides is 2. The zero-order valence-electron chi connectivity index (χ0n) is 12.1. The van der Waals surface area contributed by atoms with Gasteiger partial charge in [0, 0.05) is 12.2 Å². The number of rotatable bonds is 7. The molecule has 2 N–H and O–H groups in total. The third kappa shape index (κ3) is 3.25. The summed E-state index contributed by atoms with van der Waals surface area (Å²) in [6.45, 7) is 5.23. The SMILES string of the molecule is CCCN1C(=O)CC(NCCCc2cn[nH]c2C)C1=O. The highest BCUT2D eigenvalue weighted by Crippen LogP contribution is 2.13. The quantitative estimate of drug-likeness (QED) is 0.570. The highest BCUT2D eigenvalue weighted by Gasteiger charge is 2.37. The molecule has 1 unspecified atom stereocenters. The van der Waals surface area contributed by atoms with Gasteiger partial charge in [0.25, 0.3) is 0 Å². The molecular weight excluding hydrogens is 256 g/mol. The Morgan fingerprint density at radius 2 is 2.30 bits per heavy atom. The lowest BCUT2D eigenvalue weighted by atomic mass is 10.1. The first-order chi connectivity index (χ1) is 9.63. The Balaban J connectivity index is 1.73. The molecule has 1 aromatic rings. The molecule has 1 atom stereocenters. The second kappa shape index (κ2) is 6.65. The minimum Gasteiger partial charge on any atom is -0.305 e. The number of hydrogen-bond acceptors (Lipinski definition) is 4. The van der Waals surface area contributed by atoms with Crippen LogP contribution in [0.2, 0.25) is 0 Å². The predicted molar refractivity (Wildman–Crippen MR) is 75.1 cm³/mol. The molecule has 1 saturated heterocycles. The molecule has 2 rings (SSSR count). The molecule has 0 radical (unpaired) electrons. The molecule has 1 aliphatic heterocycles. The summed E-state index contributed by atoms with van der Waals surface area (Å²) in [4.78, 5) is 25.1. The second-order valence-corrected chi connectivity index (χ2v) is 5.22. The minimum absolute atomic E-state index is 0.0555. The lowest BCUT2D eigenvalue weighted by Crippen LogP contribution is -2.39. The normalized spacial score (nSPS) is 19.1. The molecule has 2 amide bonds. The van der Waals surface area contributed by atoms with Crippen molar-refractivity contribution in [1.82, 2.24) is 20.4 Å². The molecule has 0 aromatic carbocycles. The first kappa shape index (κ1) is 14.7. The van der Waals surface area contributed by atoms with Crippen LogP contribution >= 0.6 is 0 Å². The van der Waals surface area contributed by atoms with Gasteiger partial charge in [-0.15, -0.1) is 0 Å². The first-order valence-corrected chi connectivity index (χ1v) is 7.20. The van der Waals surface area contributed by atoms with E-state index in [4.69, 9.17) is 0 Å². The molecule has 110 valence electrons. The van der Waals surface area contributed by atoms with Gasteiger partial charge in [0.15, 0.2) is 0 Å². The van der Waals surface area contributed by atoms with E-state index >= 15 is 0 Å². The van der Waals surface area contributed by atoms with Crippen LogP contribution in [0.3, 0.4) is 0 Å². The number of aryl methyl sites for hydroxylation is 2. The zero-order chi connectivity index (χ0) is 14.5. The van der Waals surface area contributed by atoms with Crippen LogP contribution in [0.15, 0.2) is 6.20 Å². The van der Waals surface area contributed by atoms with E-state index in [-0.39, 0.29) is 17.9 Å². The molecule has 0 spiro atoms. The van der Waals surface area contributed by atoms with E-state index < -0.39 is 0 Å². The molecule has 0 aliphatic carbocycles. The average molecular weight is 278 g/mol. The predicted octanol–water partition coefficient (Wildman–Crippen LogP) is 0.778. The van der Waals surface area contributed by atoms with Crippen LogP contribution in [-0.2, 0) is 16.0 Å². The van der Waals surface area contributed by atoms with E-state index in [1.165, 1.54) is 10.5 Å². The Morgan fingerprint density at radius 1 is 1.50 bits per heavy atom. The van der Waals surface area contributed by atoms with Gasteiger partial charge in [0.1, 0.15) is 0 Å². The lowest BCUT2D eigenvalue weighted by Gasteiger charge is -2.14. The van der Waals surface area contributed by atoms with Gasteiger partial charge < -0.3 is 5.32 Å². The molecule has 1 fully saturated rings. The van der Waals surface area contributed by atoms with Gasteiger partial charge in [-0.1, -0.05) is 6.92 Å². The van der Waals surface area contributed by atoms with E-state index in [0.717, 1.165) is 31.5 Å². The van der Waals surface area contributed by atoms with E-state index in [1.54, 1.807) is 0 Å². The van der Waals surface area contributed by atoms with Gasteiger partial charge in [-0.25, -0.2) is 0 Å². The van der Waals surface area contributed by atoms with Crippen molar-refractivity contribution in [2.24, 2.45) is 0 Å². The standard InChI is InChI=1S/C14H22N4O2/c1-3-7-18-13(19)8-12(14(18)20)15-6-4-5-11-9-16-17-10(11)2/h9,12,15H,3-8H2,1-2H3,(H,16,17). The fourth-order valence-corrected chi connectivity index (χ4v) is 2.48. The van der Waals surface area contributed by atoms with Gasteiger partial charge in [-0.2, -0.15) is 5.10 Å². The van der Waals surface area contributed by atoms with Crippen LogP contribution < -0.4 is 5.32 Å². The van der Waals surface area contributed by atoms with Crippen molar-refractivity contribution < 1.29 is 9.59 Å². The van der Waals surface area contributed by atoms with Crippen molar-refractivity contribution >= 4 is 11.8 Å². The second-order valence-electron chi connectivity index (χ2n) is 5.22. The number of H-pyrrole nitrogens is 1. The summed E-state index contributed by atoms with van der Waals surface area (Å²) in [5.74, 6) is -0.128. The fourth-order valence-electron chi connectivity index (χ4n) is 2.48. The zero-order valence-corrected chi connectivity index (χ0v) is 12.1. The van der Waals surface area contributed by atoms with Gasteiger partial charge in [-0.05, 0) is 38.3 Å². The van der Waals surface area contributed by atoms with Crippen LogP contribution in [-0.4, -0.2) is 46.0 Å². The molecule has 6 heteroatoms. The summed E-state index contributed by atoms with van der Waals surface area (Å²) in [6.07, 6.45) is 4.78. The van der Waals surface area contributed by atoms with Gasteiger partial charge in [-0.3, -0.25) is 19.6 Å². The van der Waals surface area contributed by atoms with Crippen molar-refractivity contribution in [2.75, 3.05) is 13.1 Å². The maximum Gasteiger partial charge on any atom is 0.246 e. The number of aromatic nitrogens is 2. The topological polar surface area (TPSA) is 78.1 Å². The summed E-state index contributed by atoms with van der Waals surface area (Å²) >= 11 is 0. The summed E-state index contributed by atoms with van der Waals surface area (Å²) in [6, 6.07) is -0.334. The maximum atomic E-state index is 12.0. The Labute approximate surface area is 118 Å². The molecule has 6 nitrogen and oxygen atoms in total. The number of carbonyl (C=O) groups excluding carboxylic acids is 2. The number of carbonyl (C=O) groups is 2. The van der Waals surface area contributed by atoms with Crippen LogP contribution in [0.1, 0.15) is 37.4 Å². The molecule has 0 saturated carbocycles. The molecule has 1 aromatic heterocycles. The number of nitrogens with one attached hydrogen (secondary N) is 2. The Bertz CT molecular complexity index is 483. The van der Waals surface area contributed by atoms with Crippen molar-refractivity contribution in [3.05, 3.63) is 17.5 Å². The minimum atomic E-state index is -0.334. The number of imide groups is 1. The number of nitrogens with zero attached hydrogens (tertiary/aromatic N) is 2. The fraction of sp³-hybridized carbons (Fsp3) is 0.643. The summed E-state index contributed by atoms with van der Waals surface area (Å²) in [5.41, 5.74) is 2.29. The van der Waals surface area contributed by atoms with Crippen LogP contribution in [0.5, 0.6) is 0 Å². The number of likely N-dealkylation sites (tertiary alicyclic amines) is 1. The van der Waals surface area contributed by atoms with Crippen molar-refractivity contribution in [1.29, 1.82) is 0 Å². The highest BCUT2D eigenvalue weighted by molar-refractivity contribution is 6.05. The molecule has 2 heterocycles. The third-order valence-corrected chi connectivity index (χ3v) is 3.64. The van der Waals surface area contributed by atoms with Gasteiger partial charge >= 0.3 is 0 Å². The lowest BCUT2D eigenvalue weighted by molar-refractivity contribution is -0.138. The maximum absolute atomic E-state index is 12.0. The van der Waals surface area contributed by atoms with Crippen molar-refractivity contribution in [3.8, 4) is 0 Å². The average Bonchev–Trinajstić information content (AvgIpc) is 2.94. The molecule has 1 aliphatic rings. The van der Waals surface area contributed by atoms with Crippen LogP contribution in [0.25, 0.3) is 0 Å². The van der Waals surface area contributed by atoms with E-state index in [9.17, 15) is 9.59 Å². The monoisotopic (exact) mass is 278 g/mol. The molecule has 20 heavy (non-hydrogen) atoms. The Morgan fingerprint density at radius 3 is 2.95 bits per heavy atom. The summed E-state index contributed by atoms with van der Waals surface area (Å²) < 4.78 is 0. The van der Waals surface area contributed by atoms with Crippen LogP contribution in [0.4, 0.5) is 0 Å². The van der Waals surface area contributed by atoms with E-state index in [1.807, 2.05) is 20.0 Å². The third-order valence-electron chi connectivity index (χ3n) is 3.64. The van der Waals surface area contributed by atoms with Gasteiger partial charge in [0.2, 0.25) is 11.8 Å². The number of aromatic amines is 1.